The van der Waals surface area contributed by atoms with E-state index in [1.165, 1.54) is 66.0 Å². The van der Waals surface area contributed by atoms with E-state index in [-0.39, 0.29) is 74.7 Å². The second kappa shape index (κ2) is 55.3. The molecule has 5 aromatic rings. The molecule has 20 atom stereocenters. The molecular weight excluding hydrogens is 1900 g/mol. The molecule has 5 aliphatic heterocycles. The van der Waals surface area contributed by atoms with Crippen molar-refractivity contribution in [1.82, 2.24) is 63.7 Å². The lowest BCUT2D eigenvalue weighted by Gasteiger charge is -2.21. The minimum atomic E-state index is -1.32. The van der Waals surface area contributed by atoms with Crippen molar-refractivity contribution in [2.45, 2.75) is 265 Å². The lowest BCUT2D eigenvalue weighted by Crippen LogP contribution is -2.40. The summed E-state index contributed by atoms with van der Waals surface area (Å²) in [4.78, 5) is 143. The van der Waals surface area contributed by atoms with Gasteiger partial charge in [-0.25, -0.2) is 19.2 Å². The van der Waals surface area contributed by atoms with Gasteiger partial charge in [-0.15, -0.1) is 65.9 Å². The summed E-state index contributed by atoms with van der Waals surface area (Å²) in [5, 5.41) is 103. The van der Waals surface area contributed by atoms with Crippen LogP contribution in [0, 0.1) is 4.77 Å². The highest BCUT2D eigenvalue weighted by atomic mass is 32.1. The van der Waals surface area contributed by atoms with Crippen LogP contribution in [0.25, 0.3) is 0 Å². The molecule has 0 aliphatic carbocycles. The predicted molar refractivity (Wildman–Crippen MR) is 565 cm³/mol. The Bertz CT molecular complexity index is 5590. The molecule has 0 unspecified atom stereocenters. The number of nitrogens with one attached hydrogen (secondary N) is 8. The van der Waals surface area contributed by atoms with Crippen molar-refractivity contribution in [2.24, 2.45) is 0 Å². The second-order valence-corrected chi connectivity index (χ2v) is 61.3. The number of carbonyl (C=O) groups excluding carboxylic acids is 2. The number of aliphatic hydroxyl groups excluding tert-OH is 9. The van der Waals surface area contributed by atoms with E-state index in [0.717, 1.165) is 50.1 Å². The molecule has 10 rings (SSSR count). The molecule has 5 fully saturated rings. The molecule has 5 saturated heterocycles. The van der Waals surface area contributed by atoms with Gasteiger partial charge < -0.3 is 90.3 Å². The van der Waals surface area contributed by atoms with Gasteiger partial charge in [0.1, 0.15) is 72.6 Å². The first-order valence-corrected chi connectivity index (χ1v) is 60.2. The van der Waals surface area contributed by atoms with E-state index in [4.69, 9.17) is 40.6 Å². The van der Waals surface area contributed by atoms with Gasteiger partial charge in [-0.2, -0.15) is 0 Å². The minimum Gasteiger partial charge on any atom is -0.388 e. The van der Waals surface area contributed by atoms with E-state index < -0.39 is 202 Å². The van der Waals surface area contributed by atoms with Crippen LogP contribution in [0.3, 0.4) is 0 Å². The number of nitrogens with zero attached hydrogens (tertiary/aromatic N) is 5. The number of hydrogen-bond acceptors (Lipinski definition) is 30. The van der Waals surface area contributed by atoms with Crippen LogP contribution in [-0.2, 0) is 70.5 Å². The van der Waals surface area contributed by atoms with Crippen LogP contribution in [0.15, 0.2) is 109 Å². The van der Waals surface area contributed by atoms with Crippen molar-refractivity contribution in [3.63, 3.8) is 0 Å². The fraction of sp³-hybridized carbons (Fsp3) is 0.645. The number of methoxy groups -OCH3 is 1. The number of Topliss-reactive ketones (excluding diaryl/α,β-unsaturated/α-hetero) is 2. The lowest BCUT2D eigenvalue weighted by atomic mass is 10.1. The Balaban J connectivity index is 0.000000442. The van der Waals surface area contributed by atoms with Crippen LogP contribution in [0.2, 0.25) is 0 Å². The van der Waals surface area contributed by atoms with Gasteiger partial charge in [-0.3, -0.25) is 81.3 Å². The SMILES string of the molecule is C.C.C.C=P(C)(C)CC[C@H]1O[C@@H](n2cc(CC(C)=O)c(=O)[nH]c2=O)[C@H](O)[C@@H]1O.C=P(C)(C)CC[C@H]1O[C@@H](n2cc(CC(C)=O)c(=O)[nH]c2=O)[C@H](O)[C@@H]1O.C=P(C)(C)CC[C@H]1O[C@@H](n2cc(CNCC=C(C)C)c(=O)[nH]c2=O)[C@H](O)[C@@H]1O.C=P(C)(C)CC[C@H]1O[C@@H](n2cc(CNCC=C(C)C)c(=O)[nH]c2=O)[C@H](OC)[C@@H]1O.C=P(C)(C)CC[C@H]1O[C@@H](n2cc(CNCC=C(C)C)c(=O)[nH]c2=S)[C@H](O)[C@@H]1O. The van der Waals surface area contributed by atoms with Crippen molar-refractivity contribution >= 4 is 89.7 Å². The quantitative estimate of drug-likeness (QED) is 0.0117. The maximum absolute atomic E-state index is 12.4. The first-order valence-electron chi connectivity index (χ1n) is 44.5. The number of aromatic nitrogens is 10. The predicted octanol–water partition coefficient (Wildman–Crippen LogP) is 3.64. The number of ketones is 2. The lowest BCUT2D eigenvalue weighted by molar-refractivity contribution is -0.117. The fourth-order valence-corrected chi connectivity index (χ4v) is 19.8. The van der Waals surface area contributed by atoms with E-state index in [0.29, 0.717) is 81.5 Å². The Morgan fingerprint density at radius 3 is 0.804 bits per heavy atom. The molecule has 5 aromatic heterocycles. The molecule has 138 heavy (non-hydrogen) atoms. The summed E-state index contributed by atoms with van der Waals surface area (Å²) in [6.07, 6.45) is 21.5. The van der Waals surface area contributed by atoms with Crippen molar-refractivity contribution in [3.8, 4) is 0 Å². The summed E-state index contributed by atoms with van der Waals surface area (Å²) in [6, 6.07) is 0. The highest BCUT2D eigenvalue weighted by Gasteiger charge is 2.49. The summed E-state index contributed by atoms with van der Waals surface area (Å²) >= 11 is 5.26. The first kappa shape index (κ1) is 125. The van der Waals surface area contributed by atoms with Gasteiger partial charge >= 0.3 is 22.8 Å². The zero-order chi connectivity index (χ0) is 102. The van der Waals surface area contributed by atoms with Gasteiger partial charge in [0.05, 0.1) is 30.5 Å². The third-order valence-electron chi connectivity index (χ3n) is 22.4. The van der Waals surface area contributed by atoms with E-state index in [1.807, 2.05) is 59.8 Å². The van der Waals surface area contributed by atoms with Crippen LogP contribution < -0.4 is 66.5 Å². The number of ether oxygens (including phenoxy) is 6. The number of rotatable bonds is 37. The van der Waals surface area contributed by atoms with Gasteiger partial charge in [0.2, 0.25) is 0 Å². The number of allylic oxidation sites excluding steroid dienone is 3. The molecule has 0 aromatic carbocycles. The van der Waals surface area contributed by atoms with E-state index in [2.05, 4.69) is 139 Å². The third kappa shape index (κ3) is 38.7. The smallest absolute Gasteiger partial charge is 0.330 e. The second-order valence-electron chi connectivity index (χ2n) is 39.3. The summed E-state index contributed by atoms with van der Waals surface area (Å²) < 4.78 is 40.8. The van der Waals surface area contributed by atoms with Crippen LogP contribution in [0.1, 0.15) is 169 Å². The van der Waals surface area contributed by atoms with Crippen molar-refractivity contribution in [1.29, 1.82) is 0 Å². The summed E-state index contributed by atoms with van der Waals surface area (Å²) in [7, 11) is 1.48. The molecule has 39 nitrogen and oxygen atoms in total. The molecule has 0 radical (unpaired) electrons. The zero-order valence-electron chi connectivity index (χ0n) is 81.3. The minimum absolute atomic E-state index is 0. The molecule has 784 valence electrons. The van der Waals surface area contributed by atoms with Crippen LogP contribution in [0.4, 0.5) is 0 Å². The number of carbonyl (C=O) groups is 2. The Morgan fingerprint density at radius 1 is 0.355 bits per heavy atom. The number of aromatic amines is 5. The van der Waals surface area contributed by atoms with Crippen molar-refractivity contribution < 1.29 is 84.0 Å². The average molecular weight is 2060 g/mol. The molecule has 0 saturated carbocycles. The van der Waals surface area contributed by atoms with Crippen molar-refractivity contribution in [2.75, 3.05) is 124 Å². The molecule has 10 heterocycles. The topological polar surface area (TPSA) is 565 Å². The van der Waals surface area contributed by atoms with Crippen LogP contribution >= 0.6 is 46.6 Å². The molecule has 0 amide bonds. The molecule has 45 heteroatoms. The summed E-state index contributed by atoms with van der Waals surface area (Å²) in [5.41, 5.74) is -0.345. The standard InChI is InChI=1S/C20H34N3O5P.C19H32N3O5P.C19H32N3O4PS.2C16H25N2O6P.3CH4/c1-13(2)7-9-21-11-14-12-23(20(26)22-18(14)25)19-17(27-3)16(24)15(28-19)8-10-29(4,5)6;1-12(2)6-8-20-10-13-11-22(19(26)21-17(13)25)18-16(24)15(23)14(27-18)7-9-28(3,4)5;1-12(2)6-8-20-10-13-11-22(19(28)21-17(13)25)18-16(24)15(23)14(26-18)7-9-27(3,4)5;2*1-9(19)7-10-8-18(16(23)17-14(10)22)15-13(21)12(20)11(24-15)5-6-25(2,3)4;;;/h7,12,15-17,19,21,24H,4,8-11H2,1-3,5-6H3,(H,22,25,26);6,11,14-16,18,20,23-24H,3,7-10H2,1-2,4-5H3,(H,21,25,26);6,11,14-16,18,20,23-24H,3,7-10H2,1-2,4-5H3,(H,21,25,28);2*8,11-13,15,20-21H,2,5-7H2,1,3-4H3,(H,17,22,23);3*1H4/t15-,16-,17-,19-;2*14-,15-,16-,18-;2*11-,12-,13-,15-;;;/m11111.../s1. The first-order chi connectivity index (χ1) is 62.5. The number of hydrogen-bond donors (Lipinski definition) is 17. The average Bonchev–Trinajstić information content (AvgIpc) is 1.65. The normalized spacial score (nSPS) is 25.0. The number of aliphatic hydroxyl groups is 9. The Labute approximate surface area is 814 Å². The molecular formula is C93H160N13O26P5S. The maximum atomic E-state index is 12.4. The third-order valence-corrected chi connectivity index (χ3v) is 30.1. The maximum Gasteiger partial charge on any atom is 0.330 e. The van der Waals surface area contributed by atoms with Crippen molar-refractivity contribution in [3.05, 3.63) is 192 Å². The Morgan fingerprint density at radius 2 is 0.565 bits per heavy atom. The highest BCUT2D eigenvalue weighted by molar-refractivity contribution is 7.73. The fourth-order valence-electron chi connectivity index (χ4n) is 14.8. The Hall–Kier alpha value is -6.84. The molecule has 0 bridgehead atoms. The van der Waals surface area contributed by atoms with Gasteiger partial charge in [-0.05, 0) is 197 Å². The number of H-pyrrole nitrogens is 5. The van der Waals surface area contributed by atoms with Gasteiger partial charge in [0.15, 0.2) is 35.9 Å². The monoisotopic (exact) mass is 2060 g/mol. The zero-order valence-corrected chi connectivity index (χ0v) is 86.6. The van der Waals surface area contributed by atoms with Gasteiger partial charge in [-0.1, -0.05) is 57.2 Å². The largest absolute Gasteiger partial charge is 0.388 e. The van der Waals surface area contributed by atoms with E-state index >= 15 is 0 Å². The van der Waals surface area contributed by atoms with Gasteiger partial charge in [0, 0.05) is 118 Å². The van der Waals surface area contributed by atoms with E-state index in [1.54, 1.807) is 6.20 Å². The summed E-state index contributed by atoms with van der Waals surface area (Å²) in [5.74, 6) is -0.466. The van der Waals surface area contributed by atoms with Crippen LogP contribution in [0.5, 0.6) is 0 Å². The molecule has 5 aliphatic rings. The van der Waals surface area contributed by atoms with Crippen LogP contribution in [-0.4, -0.2) is 353 Å². The highest BCUT2D eigenvalue weighted by Crippen LogP contribution is 2.45. The molecule has 0 spiro atoms. The molecule has 17 N–H and O–H groups in total. The van der Waals surface area contributed by atoms with E-state index in [9.17, 15) is 98.7 Å². The van der Waals surface area contributed by atoms with Gasteiger partial charge in [0.25, 0.3) is 27.8 Å². The Kier molecular flexibility index (Phi) is 50.2. The summed E-state index contributed by atoms with van der Waals surface area (Å²) in [6.45, 7) is 31.8.